The van der Waals surface area contributed by atoms with Crippen molar-refractivity contribution in [1.29, 1.82) is 0 Å². The van der Waals surface area contributed by atoms with Crippen molar-refractivity contribution in [3.05, 3.63) is 41.0 Å². The van der Waals surface area contributed by atoms with Gasteiger partial charge in [0.05, 0.1) is 22.8 Å². The van der Waals surface area contributed by atoms with E-state index in [1.54, 1.807) is 37.3 Å². The molecule has 3 aromatic rings. The van der Waals surface area contributed by atoms with E-state index >= 15 is 0 Å². The van der Waals surface area contributed by atoms with Gasteiger partial charge in [-0.1, -0.05) is 5.16 Å². The zero-order valence-electron chi connectivity index (χ0n) is 12.0. The second-order valence-electron chi connectivity index (χ2n) is 5.03. The molecule has 3 rings (SSSR count). The Labute approximate surface area is 120 Å². The minimum Gasteiger partial charge on any atom is -0.337 e. The first kappa shape index (κ1) is 13.3. The first-order valence-corrected chi connectivity index (χ1v) is 6.53. The van der Waals surface area contributed by atoms with Gasteiger partial charge < -0.3 is 9.42 Å². The second-order valence-corrected chi connectivity index (χ2v) is 5.03. The van der Waals surface area contributed by atoms with Crippen molar-refractivity contribution in [1.82, 2.24) is 25.2 Å². The summed E-state index contributed by atoms with van der Waals surface area (Å²) in [6.45, 7) is 4.10. The van der Waals surface area contributed by atoms with Gasteiger partial charge in [0.15, 0.2) is 0 Å². The number of amides is 1. The van der Waals surface area contributed by atoms with Crippen LogP contribution in [0.5, 0.6) is 0 Å². The lowest BCUT2D eigenvalue weighted by Gasteiger charge is -2.16. The number of carbonyl (C=O) groups is 1. The predicted octanol–water partition coefficient (Wildman–Crippen LogP) is 1.83. The minimum absolute atomic E-state index is 0.0991. The molecule has 7 nitrogen and oxygen atoms in total. The number of aromatic amines is 1. The number of hydrogen-bond acceptors (Lipinski definition) is 5. The van der Waals surface area contributed by atoms with Crippen LogP contribution in [0.2, 0.25) is 0 Å². The normalized spacial score (nSPS) is 11.0. The average molecular weight is 285 g/mol. The highest BCUT2D eigenvalue weighted by Crippen LogP contribution is 2.23. The largest absolute Gasteiger partial charge is 0.337 e. The van der Waals surface area contributed by atoms with Gasteiger partial charge in [-0.2, -0.15) is 5.10 Å². The molecule has 21 heavy (non-hydrogen) atoms. The fourth-order valence-corrected chi connectivity index (χ4v) is 2.30. The number of aryl methyl sites for hydroxylation is 2. The van der Waals surface area contributed by atoms with Crippen LogP contribution in [0.25, 0.3) is 11.1 Å². The number of nitrogens with one attached hydrogen (secondary N) is 1. The molecule has 0 bridgehead atoms. The molecule has 0 aromatic carbocycles. The van der Waals surface area contributed by atoms with Crippen molar-refractivity contribution in [3.8, 4) is 0 Å². The van der Waals surface area contributed by atoms with Gasteiger partial charge >= 0.3 is 0 Å². The molecule has 0 atom stereocenters. The Morgan fingerprint density at radius 1 is 1.43 bits per heavy atom. The third-order valence-electron chi connectivity index (χ3n) is 3.30. The average Bonchev–Trinajstić information content (AvgIpc) is 3.07. The first-order chi connectivity index (χ1) is 10.1. The van der Waals surface area contributed by atoms with Gasteiger partial charge in [-0.15, -0.1) is 0 Å². The Balaban J connectivity index is 1.99. The maximum atomic E-state index is 12.7. The van der Waals surface area contributed by atoms with Crippen LogP contribution in [0.4, 0.5) is 0 Å². The summed E-state index contributed by atoms with van der Waals surface area (Å²) in [4.78, 5) is 18.6. The second kappa shape index (κ2) is 5.01. The number of nitrogens with zero attached hydrogens (tertiary/aromatic N) is 4. The van der Waals surface area contributed by atoms with Crippen molar-refractivity contribution in [2.75, 3.05) is 7.05 Å². The molecule has 0 aliphatic heterocycles. The van der Waals surface area contributed by atoms with E-state index in [1.807, 2.05) is 6.92 Å². The SMILES string of the molecule is Cc1cc(C(=O)N(C)Cc2cn[nH]c2)c2c(C)noc2n1. The molecule has 1 N–H and O–H groups in total. The molecule has 0 fully saturated rings. The fraction of sp³-hybridized carbons (Fsp3) is 0.286. The van der Waals surface area contributed by atoms with Crippen LogP contribution in [0, 0.1) is 13.8 Å². The Morgan fingerprint density at radius 3 is 2.95 bits per heavy atom. The molecule has 0 aliphatic rings. The van der Waals surface area contributed by atoms with E-state index in [0.717, 1.165) is 11.3 Å². The highest BCUT2D eigenvalue weighted by atomic mass is 16.5. The van der Waals surface area contributed by atoms with E-state index in [-0.39, 0.29) is 5.91 Å². The van der Waals surface area contributed by atoms with Crippen LogP contribution in [0.1, 0.15) is 27.3 Å². The summed E-state index contributed by atoms with van der Waals surface area (Å²) in [5.74, 6) is -0.0991. The Hall–Kier alpha value is -2.70. The van der Waals surface area contributed by atoms with E-state index in [1.165, 1.54) is 0 Å². The quantitative estimate of drug-likeness (QED) is 0.793. The number of carbonyl (C=O) groups excluding carboxylic acids is 1. The van der Waals surface area contributed by atoms with E-state index in [4.69, 9.17) is 4.52 Å². The number of H-pyrrole nitrogens is 1. The van der Waals surface area contributed by atoms with E-state index in [2.05, 4.69) is 20.3 Å². The third-order valence-corrected chi connectivity index (χ3v) is 3.30. The third kappa shape index (κ3) is 2.37. The lowest BCUT2D eigenvalue weighted by atomic mass is 10.1. The summed E-state index contributed by atoms with van der Waals surface area (Å²) in [5.41, 5.74) is 3.28. The predicted molar refractivity (Wildman–Crippen MR) is 75.7 cm³/mol. The molecule has 3 heterocycles. The fourth-order valence-electron chi connectivity index (χ4n) is 2.30. The summed E-state index contributed by atoms with van der Waals surface area (Å²) >= 11 is 0. The molecule has 0 spiro atoms. The van der Waals surface area contributed by atoms with Crippen LogP contribution in [0.15, 0.2) is 23.0 Å². The molecule has 0 saturated carbocycles. The molecule has 0 aliphatic carbocycles. The van der Waals surface area contributed by atoms with Gasteiger partial charge in [-0.05, 0) is 19.9 Å². The molecule has 3 aromatic heterocycles. The first-order valence-electron chi connectivity index (χ1n) is 6.53. The standard InChI is InChI=1S/C14H15N5O2/c1-8-4-11(12-9(2)18-21-13(12)17-8)14(20)19(3)7-10-5-15-16-6-10/h4-6H,7H2,1-3H3,(H,15,16). The smallest absolute Gasteiger partial charge is 0.258 e. The number of aromatic nitrogens is 4. The molecular formula is C14H15N5O2. The van der Waals surface area contributed by atoms with Gasteiger partial charge in [-0.25, -0.2) is 4.98 Å². The summed E-state index contributed by atoms with van der Waals surface area (Å²) in [5, 5.41) is 11.2. The summed E-state index contributed by atoms with van der Waals surface area (Å²) < 4.78 is 5.16. The molecule has 0 unspecified atom stereocenters. The van der Waals surface area contributed by atoms with Crippen molar-refractivity contribution in [2.45, 2.75) is 20.4 Å². The summed E-state index contributed by atoms with van der Waals surface area (Å²) in [6, 6.07) is 1.76. The maximum Gasteiger partial charge on any atom is 0.258 e. The maximum absolute atomic E-state index is 12.7. The van der Waals surface area contributed by atoms with E-state index < -0.39 is 0 Å². The molecule has 7 heteroatoms. The van der Waals surface area contributed by atoms with Gasteiger partial charge in [0, 0.05) is 31.0 Å². The van der Waals surface area contributed by atoms with Crippen LogP contribution >= 0.6 is 0 Å². The minimum atomic E-state index is -0.0991. The van der Waals surface area contributed by atoms with Gasteiger partial charge in [0.2, 0.25) is 0 Å². The van der Waals surface area contributed by atoms with Crippen molar-refractivity contribution < 1.29 is 9.32 Å². The van der Waals surface area contributed by atoms with Gasteiger partial charge in [-0.3, -0.25) is 9.89 Å². The molecule has 108 valence electrons. The lowest BCUT2D eigenvalue weighted by molar-refractivity contribution is 0.0787. The molecular weight excluding hydrogens is 270 g/mol. The van der Waals surface area contributed by atoms with Crippen molar-refractivity contribution in [2.24, 2.45) is 0 Å². The van der Waals surface area contributed by atoms with Crippen molar-refractivity contribution >= 4 is 17.0 Å². The van der Waals surface area contributed by atoms with Crippen molar-refractivity contribution in [3.63, 3.8) is 0 Å². The van der Waals surface area contributed by atoms with Crippen LogP contribution in [-0.2, 0) is 6.54 Å². The monoisotopic (exact) mass is 285 g/mol. The molecule has 0 radical (unpaired) electrons. The summed E-state index contributed by atoms with van der Waals surface area (Å²) in [7, 11) is 1.75. The topological polar surface area (TPSA) is 87.9 Å². The number of fused-ring (bicyclic) bond motifs is 1. The highest BCUT2D eigenvalue weighted by Gasteiger charge is 2.20. The summed E-state index contributed by atoms with van der Waals surface area (Å²) in [6.07, 6.45) is 3.46. The van der Waals surface area contributed by atoms with Gasteiger partial charge in [0.1, 0.15) is 0 Å². The Morgan fingerprint density at radius 2 is 2.24 bits per heavy atom. The van der Waals surface area contributed by atoms with E-state index in [9.17, 15) is 4.79 Å². The lowest BCUT2D eigenvalue weighted by Crippen LogP contribution is -2.26. The zero-order valence-corrected chi connectivity index (χ0v) is 12.0. The Bertz CT molecular complexity index is 791. The number of pyridine rings is 1. The Kier molecular flexibility index (Phi) is 3.17. The van der Waals surface area contributed by atoms with Crippen LogP contribution < -0.4 is 0 Å². The van der Waals surface area contributed by atoms with Gasteiger partial charge in [0.25, 0.3) is 11.6 Å². The van der Waals surface area contributed by atoms with Crippen LogP contribution in [0.3, 0.4) is 0 Å². The number of hydrogen-bond donors (Lipinski definition) is 1. The molecule has 0 saturated heterocycles. The number of rotatable bonds is 3. The van der Waals surface area contributed by atoms with E-state index in [0.29, 0.717) is 28.9 Å². The zero-order chi connectivity index (χ0) is 15.0. The highest BCUT2D eigenvalue weighted by molar-refractivity contribution is 6.05. The molecule has 1 amide bonds. The van der Waals surface area contributed by atoms with Crippen LogP contribution in [-0.4, -0.2) is 38.2 Å².